The second-order valence-electron chi connectivity index (χ2n) is 3.26. The van der Waals surface area contributed by atoms with Crippen LogP contribution in [-0.4, -0.2) is 23.2 Å². The lowest BCUT2D eigenvalue weighted by atomic mass is 10.2. The van der Waals surface area contributed by atoms with Gasteiger partial charge < -0.3 is 9.84 Å². The van der Waals surface area contributed by atoms with E-state index in [9.17, 15) is 0 Å². The standard InChI is InChI=1S/C11H15ClO2/c1-9(13)11(12)8-14-7-10-5-3-2-4-6-10/h2-6,9,11,13H,7-8H2,1H3/t9-,11+/m1/s1. The molecule has 0 spiro atoms. The third kappa shape index (κ3) is 4.09. The van der Waals surface area contributed by atoms with Gasteiger partial charge in [0.15, 0.2) is 0 Å². The average molecular weight is 215 g/mol. The molecule has 1 rings (SSSR count). The van der Waals surface area contributed by atoms with E-state index in [1.165, 1.54) is 0 Å². The molecule has 2 nitrogen and oxygen atoms in total. The Bertz CT molecular complexity index is 249. The van der Waals surface area contributed by atoms with Crippen molar-refractivity contribution in [2.45, 2.75) is 25.0 Å². The van der Waals surface area contributed by atoms with Crippen LogP contribution in [-0.2, 0) is 11.3 Å². The largest absolute Gasteiger partial charge is 0.392 e. The van der Waals surface area contributed by atoms with E-state index in [4.69, 9.17) is 21.4 Å². The number of benzene rings is 1. The lowest BCUT2D eigenvalue weighted by Gasteiger charge is -2.12. The van der Waals surface area contributed by atoms with Gasteiger partial charge in [0.25, 0.3) is 0 Å². The summed E-state index contributed by atoms with van der Waals surface area (Å²) in [4.78, 5) is 0. The minimum atomic E-state index is -0.535. The predicted molar refractivity (Wildman–Crippen MR) is 57.4 cm³/mol. The van der Waals surface area contributed by atoms with Crippen LogP contribution in [0.3, 0.4) is 0 Å². The minimum Gasteiger partial charge on any atom is -0.392 e. The van der Waals surface area contributed by atoms with Crippen LogP contribution in [0.5, 0.6) is 0 Å². The third-order valence-corrected chi connectivity index (χ3v) is 2.40. The number of aliphatic hydroxyl groups is 1. The van der Waals surface area contributed by atoms with E-state index in [0.29, 0.717) is 13.2 Å². The molecule has 0 radical (unpaired) electrons. The predicted octanol–water partition coefficient (Wildman–Crippen LogP) is 2.19. The maximum absolute atomic E-state index is 9.11. The van der Waals surface area contributed by atoms with Gasteiger partial charge in [0.05, 0.1) is 24.7 Å². The van der Waals surface area contributed by atoms with Crippen molar-refractivity contribution in [3.05, 3.63) is 35.9 Å². The Morgan fingerprint density at radius 2 is 2.00 bits per heavy atom. The van der Waals surface area contributed by atoms with Crippen molar-refractivity contribution in [3.63, 3.8) is 0 Å². The van der Waals surface area contributed by atoms with Crippen LogP contribution < -0.4 is 0 Å². The maximum atomic E-state index is 9.11. The monoisotopic (exact) mass is 214 g/mol. The zero-order valence-corrected chi connectivity index (χ0v) is 8.95. The van der Waals surface area contributed by atoms with E-state index in [1.54, 1.807) is 6.92 Å². The van der Waals surface area contributed by atoms with Crippen molar-refractivity contribution in [3.8, 4) is 0 Å². The van der Waals surface area contributed by atoms with Crippen LogP contribution in [0.2, 0.25) is 0 Å². The molecule has 0 amide bonds. The Kier molecular flexibility index (Phi) is 4.94. The topological polar surface area (TPSA) is 29.5 Å². The van der Waals surface area contributed by atoms with Gasteiger partial charge in [-0.15, -0.1) is 11.6 Å². The van der Waals surface area contributed by atoms with Gasteiger partial charge in [-0.05, 0) is 12.5 Å². The maximum Gasteiger partial charge on any atom is 0.0825 e. The number of hydrogen-bond acceptors (Lipinski definition) is 2. The summed E-state index contributed by atoms with van der Waals surface area (Å²) in [6, 6.07) is 9.87. The molecular formula is C11H15ClO2. The minimum absolute atomic E-state index is 0.335. The highest BCUT2D eigenvalue weighted by Gasteiger charge is 2.10. The molecule has 3 heteroatoms. The molecule has 0 saturated carbocycles. The van der Waals surface area contributed by atoms with E-state index in [1.807, 2.05) is 30.3 Å². The number of halogens is 1. The van der Waals surface area contributed by atoms with Crippen LogP contribution in [0.4, 0.5) is 0 Å². The van der Waals surface area contributed by atoms with Gasteiger partial charge >= 0.3 is 0 Å². The molecular weight excluding hydrogens is 200 g/mol. The van der Waals surface area contributed by atoms with Crippen LogP contribution in [0.15, 0.2) is 30.3 Å². The highest BCUT2D eigenvalue weighted by molar-refractivity contribution is 6.21. The molecule has 0 aromatic heterocycles. The summed E-state index contributed by atoms with van der Waals surface area (Å²) in [6.07, 6.45) is -0.535. The molecule has 78 valence electrons. The highest BCUT2D eigenvalue weighted by atomic mass is 35.5. The van der Waals surface area contributed by atoms with Gasteiger partial charge in [0.2, 0.25) is 0 Å². The smallest absolute Gasteiger partial charge is 0.0825 e. The summed E-state index contributed by atoms with van der Waals surface area (Å²) in [5, 5.41) is 8.77. The molecule has 0 aliphatic rings. The van der Waals surface area contributed by atoms with Gasteiger partial charge in [-0.1, -0.05) is 30.3 Å². The Hall–Kier alpha value is -0.570. The first-order valence-electron chi connectivity index (χ1n) is 4.64. The van der Waals surface area contributed by atoms with Crippen LogP contribution >= 0.6 is 11.6 Å². The summed E-state index contributed by atoms with van der Waals surface area (Å²) in [5.74, 6) is 0. The second kappa shape index (κ2) is 6.02. The van der Waals surface area contributed by atoms with Gasteiger partial charge in [0, 0.05) is 0 Å². The van der Waals surface area contributed by atoms with Crippen molar-refractivity contribution in [2.75, 3.05) is 6.61 Å². The first-order valence-corrected chi connectivity index (χ1v) is 5.07. The third-order valence-electron chi connectivity index (χ3n) is 1.91. The number of alkyl halides is 1. The first-order chi connectivity index (χ1) is 6.70. The van der Waals surface area contributed by atoms with Crippen LogP contribution in [0, 0.1) is 0 Å². The summed E-state index contributed by atoms with van der Waals surface area (Å²) in [5.41, 5.74) is 1.11. The number of aliphatic hydroxyl groups excluding tert-OH is 1. The molecule has 0 fully saturated rings. The molecule has 14 heavy (non-hydrogen) atoms. The first kappa shape index (κ1) is 11.5. The van der Waals surface area contributed by atoms with Crippen LogP contribution in [0.1, 0.15) is 12.5 Å². The van der Waals surface area contributed by atoms with E-state index in [2.05, 4.69) is 0 Å². The van der Waals surface area contributed by atoms with E-state index >= 15 is 0 Å². The van der Waals surface area contributed by atoms with Crippen molar-refractivity contribution in [1.29, 1.82) is 0 Å². The Balaban J connectivity index is 2.22. The average Bonchev–Trinajstić information content (AvgIpc) is 2.19. The fraction of sp³-hybridized carbons (Fsp3) is 0.455. The van der Waals surface area contributed by atoms with Gasteiger partial charge in [-0.2, -0.15) is 0 Å². The second-order valence-corrected chi connectivity index (χ2v) is 3.82. The highest BCUT2D eigenvalue weighted by Crippen LogP contribution is 2.06. The Labute approximate surface area is 89.5 Å². The summed E-state index contributed by atoms with van der Waals surface area (Å²) >= 11 is 5.81. The molecule has 0 aliphatic heterocycles. The van der Waals surface area contributed by atoms with Crippen molar-refractivity contribution >= 4 is 11.6 Å². The molecule has 0 bridgehead atoms. The fourth-order valence-electron chi connectivity index (χ4n) is 1.00. The normalized spacial score (nSPS) is 15.1. The zero-order valence-electron chi connectivity index (χ0n) is 8.19. The molecule has 2 atom stereocenters. The molecule has 1 N–H and O–H groups in total. The molecule has 0 unspecified atom stereocenters. The van der Waals surface area contributed by atoms with Crippen molar-refractivity contribution in [1.82, 2.24) is 0 Å². The molecule has 1 aromatic carbocycles. The number of hydrogen-bond donors (Lipinski definition) is 1. The fourth-order valence-corrected chi connectivity index (χ4v) is 1.09. The number of ether oxygens (including phenoxy) is 1. The lowest BCUT2D eigenvalue weighted by molar-refractivity contribution is 0.0838. The van der Waals surface area contributed by atoms with E-state index in [-0.39, 0.29) is 5.38 Å². The summed E-state index contributed by atoms with van der Waals surface area (Å²) < 4.78 is 5.35. The summed E-state index contributed by atoms with van der Waals surface area (Å²) in [7, 11) is 0. The number of rotatable bonds is 5. The van der Waals surface area contributed by atoms with Gasteiger partial charge in [-0.25, -0.2) is 0 Å². The Morgan fingerprint density at radius 1 is 1.36 bits per heavy atom. The molecule has 0 aliphatic carbocycles. The molecule has 0 saturated heterocycles. The molecule has 0 heterocycles. The van der Waals surface area contributed by atoms with Gasteiger partial charge in [0.1, 0.15) is 0 Å². The quantitative estimate of drug-likeness (QED) is 0.762. The van der Waals surface area contributed by atoms with Crippen molar-refractivity contribution in [2.24, 2.45) is 0 Å². The molecule has 1 aromatic rings. The van der Waals surface area contributed by atoms with Gasteiger partial charge in [-0.3, -0.25) is 0 Å². The summed E-state index contributed by atoms with van der Waals surface area (Å²) in [6.45, 7) is 2.56. The lowest BCUT2D eigenvalue weighted by Crippen LogP contribution is -2.22. The zero-order chi connectivity index (χ0) is 10.4. The SMILES string of the molecule is C[C@@H](O)[C@@H](Cl)COCc1ccccc1. The van der Waals surface area contributed by atoms with Crippen LogP contribution in [0.25, 0.3) is 0 Å². The van der Waals surface area contributed by atoms with E-state index in [0.717, 1.165) is 5.56 Å². The van der Waals surface area contributed by atoms with E-state index < -0.39 is 6.10 Å². The van der Waals surface area contributed by atoms with Crippen molar-refractivity contribution < 1.29 is 9.84 Å². The Morgan fingerprint density at radius 3 is 2.57 bits per heavy atom.